The Balaban J connectivity index is 1.79. The number of amides is 1. The van der Waals surface area contributed by atoms with Crippen LogP contribution in [0.25, 0.3) is 11.1 Å². The summed E-state index contributed by atoms with van der Waals surface area (Å²) >= 11 is 5.92. The highest BCUT2D eigenvalue weighted by molar-refractivity contribution is 6.31. The number of rotatable bonds is 5. The number of nitrogens with one attached hydrogen (secondary N) is 1. The van der Waals surface area contributed by atoms with Crippen LogP contribution in [0.1, 0.15) is 41.3 Å². The predicted octanol–water partition coefficient (Wildman–Crippen LogP) is 5.77. The molecule has 27 heavy (non-hydrogen) atoms. The van der Waals surface area contributed by atoms with Gasteiger partial charge in [-0.05, 0) is 52.4 Å². The molecule has 3 aromatic carbocycles. The smallest absolute Gasteiger partial charge is 0.255 e. The van der Waals surface area contributed by atoms with E-state index >= 15 is 0 Å². The van der Waals surface area contributed by atoms with E-state index < -0.39 is 0 Å². The van der Waals surface area contributed by atoms with E-state index in [1.54, 1.807) is 6.07 Å². The van der Waals surface area contributed by atoms with Gasteiger partial charge in [-0.25, -0.2) is 0 Å². The average Bonchev–Trinajstić information content (AvgIpc) is 2.68. The van der Waals surface area contributed by atoms with Gasteiger partial charge in [-0.2, -0.15) is 0 Å². The van der Waals surface area contributed by atoms with E-state index in [1.165, 1.54) is 23.3 Å². The third-order valence-corrected chi connectivity index (χ3v) is 4.71. The molecule has 0 spiro atoms. The zero-order valence-corrected chi connectivity index (χ0v) is 16.1. The molecular formula is C23H22ClNO2. The van der Waals surface area contributed by atoms with E-state index in [4.69, 9.17) is 11.6 Å². The van der Waals surface area contributed by atoms with Crippen molar-refractivity contribution in [3.63, 3.8) is 0 Å². The fraction of sp³-hybridized carbons (Fsp3) is 0.174. The van der Waals surface area contributed by atoms with Crippen molar-refractivity contribution in [3.8, 4) is 16.9 Å². The van der Waals surface area contributed by atoms with E-state index in [9.17, 15) is 9.90 Å². The molecule has 0 bridgehead atoms. The second-order valence-electron chi connectivity index (χ2n) is 6.79. The predicted molar refractivity (Wildman–Crippen MR) is 110 cm³/mol. The number of carbonyl (C=O) groups excluding carboxylic acids is 1. The summed E-state index contributed by atoms with van der Waals surface area (Å²) in [7, 11) is 0. The molecular weight excluding hydrogens is 358 g/mol. The molecule has 0 aliphatic carbocycles. The van der Waals surface area contributed by atoms with Crippen LogP contribution in [0.15, 0.2) is 66.7 Å². The Kier molecular flexibility index (Phi) is 5.82. The van der Waals surface area contributed by atoms with Crippen molar-refractivity contribution in [1.82, 2.24) is 5.32 Å². The average molecular weight is 380 g/mol. The van der Waals surface area contributed by atoms with Crippen molar-refractivity contribution in [2.24, 2.45) is 0 Å². The molecule has 0 saturated heterocycles. The number of halogens is 1. The van der Waals surface area contributed by atoms with Crippen LogP contribution in [0.2, 0.25) is 5.02 Å². The fourth-order valence-corrected chi connectivity index (χ4v) is 3.25. The molecule has 0 aliphatic heterocycles. The summed E-state index contributed by atoms with van der Waals surface area (Å²) in [6.45, 7) is 4.73. The summed E-state index contributed by atoms with van der Waals surface area (Å²) < 4.78 is 0. The monoisotopic (exact) mass is 379 g/mol. The molecule has 0 radical (unpaired) electrons. The van der Waals surface area contributed by atoms with Crippen molar-refractivity contribution >= 4 is 17.5 Å². The van der Waals surface area contributed by atoms with E-state index in [0.717, 1.165) is 11.1 Å². The van der Waals surface area contributed by atoms with E-state index in [1.807, 2.05) is 18.2 Å². The third-order valence-electron chi connectivity index (χ3n) is 4.48. The molecule has 4 heteroatoms. The van der Waals surface area contributed by atoms with Crippen LogP contribution < -0.4 is 5.32 Å². The molecule has 3 nitrogen and oxygen atoms in total. The second kappa shape index (κ2) is 8.28. The minimum Gasteiger partial charge on any atom is -0.507 e. The molecule has 0 aromatic heterocycles. The molecule has 0 unspecified atom stereocenters. The van der Waals surface area contributed by atoms with E-state index in [0.29, 0.717) is 17.5 Å². The lowest BCUT2D eigenvalue weighted by molar-refractivity contribution is 0.0948. The van der Waals surface area contributed by atoms with Gasteiger partial charge in [-0.1, -0.05) is 67.9 Å². The van der Waals surface area contributed by atoms with Crippen LogP contribution in [-0.4, -0.2) is 11.0 Å². The number of carbonyl (C=O) groups is 1. The molecule has 3 rings (SSSR count). The maximum absolute atomic E-state index is 12.4. The zero-order valence-electron chi connectivity index (χ0n) is 15.4. The van der Waals surface area contributed by atoms with Gasteiger partial charge < -0.3 is 10.4 Å². The van der Waals surface area contributed by atoms with Crippen LogP contribution in [-0.2, 0) is 6.54 Å². The van der Waals surface area contributed by atoms with Gasteiger partial charge in [0.2, 0.25) is 0 Å². The van der Waals surface area contributed by atoms with Gasteiger partial charge >= 0.3 is 0 Å². The van der Waals surface area contributed by atoms with Gasteiger partial charge in [0.1, 0.15) is 5.75 Å². The zero-order chi connectivity index (χ0) is 19.4. The maximum atomic E-state index is 12.4. The van der Waals surface area contributed by atoms with Gasteiger partial charge in [0, 0.05) is 11.6 Å². The molecule has 0 heterocycles. The molecule has 3 aromatic rings. The number of phenolic OH excluding ortho intramolecular Hbond substituents is 1. The maximum Gasteiger partial charge on any atom is 0.255 e. The van der Waals surface area contributed by atoms with Crippen molar-refractivity contribution in [2.75, 3.05) is 0 Å². The molecule has 138 valence electrons. The van der Waals surface area contributed by atoms with E-state index in [-0.39, 0.29) is 17.2 Å². The quantitative estimate of drug-likeness (QED) is 0.591. The molecule has 0 fully saturated rings. The van der Waals surface area contributed by atoms with Crippen molar-refractivity contribution in [2.45, 2.75) is 26.3 Å². The Morgan fingerprint density at radius 3 is 2.59 bits per heavy atom. The number of phenols is 1. The Morgan fingerprint density at radius 2 is 1.81 bits per heavy atom. The van der Waals surface area contributed by atoms with Crippen molar-refractivity contribution in [3.05, 3.63) is 88.4 Å². The normalized spacial score (nSPS) is 10.8. The van der Waals surface area contributed by atoms with Crippen LogP contribution in [0.3, 0.4) is 0 Å². The Bertz CT molecular complexity index is 966. The van der Waals surface area contributed by atoms with Crippen LogP contribution in [0, 0.1) is 0 Å². The lowest BCUT2D eigenvalue weighted by atomic mass is 9.92. The highest BCUT2D eigenvalue weighted by Gasteiger charge is 2.12. The summed E-state index contributed by atoms with van der Waals surface area (Å²) in [4.78, 5) is 12.4. The third kappa shape index (κ3) is 4.50. The Labute approximate surface area is 164 Å². The highest BCUT2D eigenvalue weighted by Crippen LogP contribution is 2.29. The highest BCUT2D eigenvalue weighted by atomic mass is 35.5. The molecule has 2 N–H and O–H groups in total. The van der Waals surface area contributed by atoms with Crippen molar-refractivity contribution < 1.29 is 9.90 Å². The number of benzene rings is 3. The Hall–Kier alpha value is -2.78. The fourth-order valence-electron chi connectivity index (χ4n) is 3.08. The summed E-state index contributed by atoms with van der Waals surface area (Å²) in [6, 6.07) is 20.9. The number of aromatic hydroxyl groups is 1. The lowest BCUT2D eigenvalue weighted by Gasteiger charge is -2.14. The second-order valence-corrected chi connectivity index (χ2v) is 7.22. The van der Waals surface area contributed by atoms with Crippen molar-refractivity contribution in [1.29, 1.82) is 0 Å². The SMILES string of the molecule is CC(C)c1ccccc1-c1cccc(CNC(=O)c2cc(Cl)ccc2O)c1. The summed E-state index contributed by atoms with van der Waals surface area (Å²) in [5.74, 6) is -0.0186. The first-order chi connectivity index (χ1) is 13.0. The molecule has 1 amide bonds. The first kappa shape index (κ1) is 19.0. The summed E-state index contributed by atoms with van der Waals surface area (Å²) in [5.41, 5.74) is 4.78. The minimum absolute atomic E-state index is 0.0866. The van der Waals surface area contributed by atoms with E-state index in [2.05, 4.69) is 49.5 Å². The number of hydrogen-bond acceptors (Lipinski definition) is 2. The van der Waals surface area contributed by atoms with Gasteiger partial charge in [0.05, 0.1) is 5.56 Å². The van der Waals surface area contributed by atoms with Gasteiger partial charge in [-0.3, -0.25) is 4.79 Å². The largest absolute Gasteiger partial charge is 0.507 e. The van der Waals surface area contributed by atoms with Crippen LogP contribution in [0.5, 0.6) is 5.75 Å². The summed E-state index contributed by atoms with van der Waals surface area (Å²) in [5, 5.41) is 13.1. The molecule has 0 atom stereocenters. The van der Waals surface area contributed by atoms with Gasteiger partial charge in [0.15, 0.2) is 0 Å². The molecule has 0 saturated carbocycles. The van der Waals surface area contributed by atoms with Crippen LogP contribution >= 0.6 is 11.6 Å². The van der Waals surface area contributed by atoms with Gasteiger partial charge in [-0.15, -0.1) is 0 Å². The minimum atomic E-state index is -0.358. The van der Waals surface area contributed by atoms with Crippen LogP contribution in [0.4, 0.5) is 0 Å². The molecule has 0 aliphatic rings. The topological polar surface area (TPSA) is 49.3 Å². The number of hydrogen-bond donors (Lipinski definition) is 2. The van der Waals surface area contributed by atoms with Gasteiger partial charge in [0.25, 0.3) is 5.91 Å². The standard InChI is InChI=1S/C23H22ClNO2/c1-15(2)19-8-3-4-9-20(19)17-7-5-6-16(12-17)14-25-23(27)21-13-18(24)10-11-22(21)26/h3-13,15,26H,14H2,1-2H3,(H,25,27). The summed E-state index contributed by atoms with van der Waals surface area (Å²) in [6.07, 6.45) is 0. The Morgan fingerprint density at radius 1 is 1.04 bits per heavy atom. The first-order valence-electron chi connectivity index (χ1n) is 8.90. The first-order valence-corrected chi connectivity index (χ1v) is 9.28. The lowest BCUT2D eigenvalue weighted by Crippen LogP contribution is -2.22.